The van der Waals surface area contributed by atoms with E-state index in [0.29, 0.717) is 17.3 Å². The van der Waals surface area contributed by atoms with E-state index in [0.717, 1.165) is 12.8 Å². The number of nitrogen functional groups attached to an aromatic ring is 1. The number of rotatable bonds is 3. The molecule has 1 aromatic heterocycles. The van der Waals surface area contributed by atoms with Gasteiger partial charge in [0.05, 0.1) is 29.8 Å². The number of fused-ring (bicyclic) bond motifs is 1. The minimum absolute atomic E-state index is 0.0442. The lowest BCUT2D eigenvalue weighted by Gasteiger charge is -2.16. The van der Waals surface area contributed by atoms with E-state index in [9.17, 15) is 9.59 Å². The van der Waals surface area contributed by atoms with Crippen LogP contribution in [0.25, 0.3) is 0 Å². The molecule has 1 aliphatic carbocycles. The number of nitrogens with zero attached hydrogens (tertiary/aromatic N) is 2. The Hall–Kier alpha value is -1.95. The Bertz CT molecular complexity index is 536. The minimum Gasteiger partial charge on any atom is -0.324 e. The van der Waals surface area contributed by atoms with E-state index in [4.69, 9.17) is 5.84 Å². The molecular weight excluding hydrogens is 256 g/mol. The number of carbonyl (C=O) groups excluding carboxylic acids is 2. The van der Waals surface area contributed by atoms with E-state index in [2.05, 4.69) is 17.3 Å². The molecule has 1 aromatic rings. The monoisotopic (exact) mass is 274 g/mol. The molecule has 2 unspecified atom stereocenters. The lowest BCUT2D eigenvalue weighted by Crippen LogP contribution is -2.32. The van der Waals surface area contributed by atoms with Crippen LogP contribution in [0, 0.1) is 17.8 Å². The number of anilines is 1. The first-order valence-electron chi connectivity index (χ1n) is 6.87. The van der Waals surface area contributed by atoms with Crippen molar-refractivity contribution >= 4 is 17.5 Å². The highest BCUT2D eigenvalue weighted by Crippen LogP contribution is 2.43. The Morgan fingerprint density at radius 1 is 1.35 bits per heavy atom. The molecule has 0 bridgehead atoms. The normalized spacial score (nSPS) is 28.9. The van der Waals surface area contributed by atoms with E-state index in [-0.39, 0.29) is 30.2 Å². The molecule has 6 nitrogen and oxygen atoms in total. The van der Waals surface area contributed by atoms with Crippen LogP contribution in [0.15, 0.2) is 18.3 Å². The van der Waals surface area contributed by atoms with Gasteiger partial charge < -0.3 is 5.43 Å². The average molecular weight is 274 g/mol. The van der Waals surface area contributed by atoms with Crippen LogP contribution in [0.3, 0.4) is 0 Å². The van der Waals surface area contributed by atoms with Crippen molar-refractivity contribution in [2.45, 2.75) is 26.3 Å². The van der Waals surface area contributed by atoms with E-state index >= 15 is 0 Å². The zero-order chi connectivity index (χ0) is 14.3. The van der Waals surface area contributed by atoms with Gasteiger partial charge in [0, 0.05) is 6.20 Å². The minimum atomic E-state index is -0.117. The second kappa shape index (κ2) is 4.86. The number of hydrogen-bond acceptors (Lipinski definition) is 5. The highest BCUT2D eigenvalue weighted by Gasteiger charge is 2.51. The molecule has 6 heteroatoms. The smallest absolute Gasteiger partial charge is 0.233 e. The Labute approximate surface area is 117 Å². The van der Waals surface area contributed by atoms with Crippen molar-refractivity contribution in [3.05, 3.63) is 24.0 Å². The predicted octanol–water partition coefficient (Wildman–Crippen LogP) is 0.898. The molecule has 0 aromatic carbocycles. The Balaban J connectivity index is 1.78. The number of pyridine rings is 1. The summed E-state index contributed by atoms with van der Waals surface area (Å²) in [6.07, 6.45) is 3.26. The summed E-state index contributed by atoms with van der Waals surface area (Å²) in [6, 6.07) is 3.48. The Kier molecular flexibility index (Phi) is 3.17. The summed E-state index contributed by atoms with van der Waals surface area (Å²) in [5.74, 6) is 5.48. The van der Waals surface area contributed by atoms with Gasteiger partial charge in [0.25, 0.3) is 0 Å². The van der Waals surface area contributed by atoms with Crippen molar-refractivity contribution in [2.24, 2.45) is 23.6 Å². The molecule has 3 rings (SSSR count). The molecule has 20 heavy (non-hydrogen) atoms. The quantitative estimate of drug-likeness (QED) is 0.485. The molecule has 0 spiro atoms. The molecule has 106 valence electrons. The number of nitrogens with two attached hydrogens (primary N) is 1. The van der Waals surface area contributed by atoms with Gasteiger partial charge in [0.15, 0.2) is 0 Å². The summed E-state index contributed by atoms with van der Waals surface area (Å²) in [7, 11) is 0. The van der Waals surface area contributed by atoms with Gasteiger partial charge in [-0.15, -0.1) is 0 Å². The zero-order valence-electron chi connectivity index (χ0n) is 11.4. The third-order valence-corrected chi connectivity index (χ3v) is 4.27. The summed E-state index contributed by atoms with van der Waals surface area (Å²) in [5, 5.41) is 0. The highest BCUT2D eigenvalue weighted by atomic mass is 16.2. The molecular formula is C14H18N4O2. The van der Waals surface area contributed by atoms with Crippen LogP contribution in [-0.2, 0) is 16.1 Å². The van der Waals surface area contributed by atoms with E-state index in [1.54, 1.807) is 18.3 Å². The first-order valence-corrected chi connectivity index (χ1v) is 6.87. The lowest BCUT2D eigenvalue weighted by atomic mass is 10.00. The van der Waals surface area contributed by atoms with E-state index in [1.807, 2.05) is 0 Å². The van der Waals surface area contributed by atoms with Crippen LogP contribution in [0.4, 0.5) is 5.69 Å². The highest BCUT2D eigenvalue weighted by molar-refractivity contribution is 6.05. The van der Waals surface area contributed by atoms with Crippen molar-refractivity contribution in [2.75, 3.05) is 5.43 Å². The third kappa shape index (κ3) is 2.06. The number of aromatic nitrogens is 1. The molecule has 1 saturated carbocycles. The number of hydrazine groups is 1. The second-order valence-corrected chi connectivity index (χ2v) is 5.73. The fourth-order valence-electron chi connectivity index (χ4n) is 3.32. The first-order chi connectivity index (χ1) is 9.60. The molecule has 2 amide bonds. The van der Waals surface area contributed by atoms with Crippen molar-refractivity contribution in [1.82, 2.24) is 9.88 Å². The molecule has 3 N–H and O–H groups in total. The maximum atomic E-state index is 12.3. The maximum Gasteiger partial charge on any atom is 0.233 e. The van der Waals surface area contributed by atoms with Crippen molar-refractivity contribution < 1.29 is 9.59 Å². The molecule has 2 atom stereocenters. The van der Waals surface area contributed by atoms with E-state index in [1.165, 1.54) is 4.90 Å². The Morgan fingerprint density at radius 2 is 2.00 bits per heavy atom. The van der Waals surface area contributed by atoms with Gasteiger partial charge in [-0.05, 0) is 30.9 Å². The molecule has 2 heterocycles. The molecule has 0 radical (unpaired) electrons. The summed E-state index contributed by atoms with van der Waals surface area (Å²) in [5.41, 5.74) is 3.91. The maximum absolute atomic E-state index is 12.3. The van der Waals surface area contributed by atoms with Crippen LogP contribution in [-0.4, -0.2) is 21.7 Å². The van der Waals surface area contributed by atoms with Crippen LogP contribution < -0.4 is 11.3 Å². The van der Waals surface area contributed by atoms with Crippen LogP contribution in [0.1, 0.15) is 25.5 Å². The SMILES string of the molecule is CC1CC2C(=O)N(Cc3cc(NN)ccn3)C(=O)C2C1. The van der Waals surface area contributed by atoms with Crippen molar-refractivity contribution in [3.8, 4) is 0 Å². The molecule has 2 aliphatic rings. The van der Waals surface area contributed by atoms with Gasteiger partial charge in [0.2, 0.25) is 11.8 Å². The van der Waals surface area contributed by atoms with Gasteiger partial charge >= 0.3 is 0 Å². The molecule has 1 saturated heterocycles. The topological polar surface area (TPSA) is 88.3 Å². The molecule has 1 aliphatic heterocycles. The fraction of sp³-hybridized carbons (Fsp3) is 0.500. The van der Waals surface area contributed by atoms with Gasteiger partial charge in [-0.1, -0.05) is 6.92 Å². The lowest BCUT2D eigenvalue weighted by molar-refractivity contribution is -0.141. The molecule has 2 fully saturated rings. The van der Waals surface area contributed by atoms with Crippen LogP contribution in [0.5, 0.6) is 0 Å². The first kappa shape index (κ1) is 13.1. The average Bonchev–Trinajstić information content (AvgIpc) is 2.93. The predicted molar refractivity (Wildman–Crippen MR) is 73.0 cm³/mol. The number of nitrogens with one attached hydrogen (secondary N) is 1. The fourth-order valence-corrected chi connectivity index (χ4v) is 3.32. The summed E-state index contributed by atoms with van der Waals surface area (Å²) in [4.78, 5) is 30.2. The van der Waals surface area contributed by atoms with Gasteiger partial charge in [-0.3, -0.25) is 25.3 Å². The van der Waals surface area contributed by atoms with Gasteiger partial charge in [-0.2, -0.15) is 0 Å². The second-order valence-electron chi connectivity index (χ2n) is 5.73. The number of amides is 2. The van der Waals surface area contributed by atoms with Gasteiger partial charge in [0.1, 0.15) is 0 Å². The number of hydrogen-bond donors (Lipinski definition) is 2. The van der Waals surface area contributed by atoms with Gasteiger partial charge in [-0.25, -0.2) is 0 Å². The number of likely N-dealkylation sites (tertiary alicyclic amines) is 1. The van der Waals surface area contributed by atoms with Crippen LogP contribution >= 0.6 is 0 Å². The summed E-state index contributed by atoms with van der Waals surface area (Å²) >= 11 is 0. The Morgan fingerprint density at radius 3 is 2.60 bits per heavy atom. The standard InChI is InChI=1S/C14H18N4O2/c1-8-4-11-12(5-8)14(20)18(13(11)19)7-10-6-9(17-15)2-3-16-10/h2-3,6,8,11-12H,4-5,7,15H2,1H3,(H,16,17). The largest absolute Gasteiger partial charge is 0.324 e. The number of carbonyl (C=O) groups is 2. The van der Waals surface area contributed by atoms with E-state index < -0.39 is 0 Å². The number of imide groups is 1. The van der Waals surface area contributed by atoms with Crippen LogP contribution in [0.2, 0.25) is 0 Å². The third-order valence-electron chi connectivity index (χ3n) is 4.27. The summed E-state index contributed by atoms with van der Waals surface area (Å²) < 4.78 is 0. The zero-order valence-corrected chi connectivity index (χ0v) is 11.4. The van der Waals surface area contributed by atoms with Crippen molar-refractivity contribution in [1.29, 1.82) is 0 Å². The van der Waals surface area contributed by atoms with Crippen molar-refractivity contribution in [3.63, 3.8) is 0 Å². The summed E-state index contributed by atoms with van der Waals surface area (Å²) in [6.45, 7) is 2.33.